The lowest BCUT2D eigenvalue weighted by atomic mass is 9.95. The molecule has 0 amide bonds. The third kappa shape index (κ3) is 2.62. The molecule has 2 aromatic carbocycles. The van der Waals surface area contributed by atoms with Crippen molar-refractivity contribution in [2.75, 3.05) is 6.54 Å². The van der Waals surface area contributed by atoms with Crippen LogP contribution >= 0.6 is 0 Å². The molecule has 3 aromatic rings. The van der Waals surface area contributed by atoms with E-state index in [0.717, 1.165) is 17.6 Å². The SMILES string of the molecule is CCNC(c1ccc2[nH]c(=O)oc2c1)c1ccccc1C. The van der Waals surface area contributed by atoms with Crippen molar-refractivity contribution in [1.82, 2.24) is 10.3 Å². The van der Waals surface area contributed by atoms with Crippen LogP contribution in [-0.2, 0) is 0 Å². The van der Waals surface area contributed by atoms with Crippen LogP contribution in [0.3, 0.4) is 0 Å². The molecule has 0 aliphatic carbocycles. The molecule has 0 fully saturated rings. The number of fused-ring (bicyclic) bond motifs is 1. The minimum atomic E-state index is -0.418. The molecule has 0 saturated carbocycles. The van der Waals surface area contributed by atoms with Crippen molar-refractivity contribution in [2.45, 2.75) is 19.9 Å². The van der Waals surface area contributed by atoms with Gasteiger partial charge in [0.2, 0.25) is 0 Å². The van der Waals surface area contributed by atoms with Crippen molar-refractivity contribution >= 4 is 11.1 Å². The van der Waals surface area contributed by atoms with E-state index in [1.54, 1.807) is 0 Å². The number of aromatic amines is 1. The summed E-state index contributed by atoms with van der Waals surface area (Å²) in [5.41, 5.74) is 4.87. The Morgan fingerprint density at radius 1 is 1.24 bits per heavy atom. The Morgan fingerprint density at radius 3 is 2.81 bits per heavy atom. The molecule has 0 spiro atoms. The first-order chi connectivity index (χ1) is 10.2. The van der Waals surface area contributed by atoms with Gasteiger partial charge < -0.3 is 9.73 Å². The van der Waals surface area contributed by atoms with Crippen molar-refractivity contribution in [3.05, 3.63) is 69.7 Å². The summed E-state index contributed by atoms with van der Waals surface area (Å²) in [7, 11) is 0. The number of rotatable bonds is 4. The highest BCUT2D eigenvalue weighted by atomic mass is 16.4. The standard InChI is InChI=1S/C17H18N2O2/c1-3-18-16(13-7-5-4-6-11(13)2)12-8-9-14-15(10-12)21-17(20)19-14/h4-10,16,18H,3H2,1-2H3,(H,19,20). The summed E-state index contributed by atoms with van der Waals surface area (Å²) in [6.45, 7) is 5.04. The zero-order valence-corrected chi connectivity index (χ0v) is 12.1. The minimum absolute atomic E-state index is 0.0841. The topological polar surface area (TPSA) is 58.0 Å². The second-order valence-electron chi connectivity index (χ2n) is 5.12. The van der Waals surface area contributed by atoms with Crippen molar-refractivity contribution in [2.24, 2.45) is 0 Å². The van der Waals surface area contributed by atoms with Crippen LogP contribution in [0.1, 0.15) is 29.7 Å². The maximum absolute atomic E-state index is 11.3. The van der Waals surface area contributed by atoms with Gasteiger partial charge >= 0.3 is 5.76 Å². The Labute approximate surface area is 122 Å². The number of hydrogen-bond donors (Lipinski definition) is 2. The van der Waals surface area contributed by atoms with Gasteiger partial charge in [-0.2, -0.15) is 0 Å². The number of aromatic nitrogens is 1. The van der Waals surface area contributed by atoms with Gasteiger partial charge in [0.25, 0.3) is 0 Å². The molecule has 21 heavy (non-hydrogen) atoms. The van der Waals surface area contributed by atoms with E-state index >= 15 is 0 Å². The Morgan fingerprint density at radius 2 is 2.05 bits per heavy atom. The summed E-state index contributed by atoms with van der Waals surface area (Å²) in [4.78, 5) is 13.9. The minimum Gasteiger partial charge on any atom is -0.408 e. The number of nitrogens with one attached hydrogen (secondary N) is 2. The molecular weight excluding hydrogens is 264 g/mol. The average molecular weight is 282 g/mol. The van der Waals surface area contributed by atoms with Gasteiger partial charge in [0.05, 0.1) is 11.6 Å². The number of hydrogen-bond acceptors (Lipinski definition) is 3. The Hall–Kier alpha value is -2.33. The molecule has 108 valence electrons. The molecule has 4 nitrogen and oxygen atoms in total. The van der Waals surface area contributed by atoms with E-state index < -0.39 is 5.76 Å². The first kappa shape index (κ1) is 13.6. The summed E-state index contributed by atoms with van der Waals surface area (Å²) < 4.78 is 5.16. The summed E-state index contributed by atoms with van der Waals surface area (Å²) in [5, 5.41) is 3.50. The molecule has 1 unspecified atom stereocenters. The lowest BCUT2D eigenvalue weighted by Gasteiger charge is -2.20. The Balaban J connectivity index is 2.10. The molecule has 1 aromatic heterocycles. The average Bonchev–Trinajstić information content (AvgIpc) is 2.85. The maximum atomic E-state index is 11.3. The van der Waals surface area contributed by atoms with Gasteiger partial charge in [-0.05, 0) is 42.3 Å². The largest absolute Gasteiger partial charge is 0.417 e. The fourth-order valence-corrected chi connectivity index (χ4v) is 2.66. The predicted molar refractivity (Wildman–Crippen MR) is 83.5 cm³/mol. The monoisotopic (exact) mass is 282 g/mol. The zero-order valence-electron chi connectivity index (χ0n) is 12.1. The van der Waals surface area contributed by atoms with Crippen LogP contribution < -0.4 is 11.1 Å². The van der Waals surface area contributed by atoms with E-state index in [0.29, 0.717) is 5.58 Å². The van der Waals surface area contributed by atoms with Gasteiger partial charge in [-0.15, -0.1) is 0 Å². The van der Waals surface area contributed by atoms with Gasteiger partial charge in [-0.25, -0.2) is 4.79 Å². The Kier molecular flexibility index (Phi) is 3.62. The fraction of sp³-hybridized carbons (Fsp3) is 0.235. The smallest absolute Gasteiger partial charge is 0.408 e. The normalized spacial score (nSPS) is 12.7. The molecule has 0 saturated heterocycles. The molecule has 4 heteroatoms. The van der Waals surface area contributed by atoms with Gasteiger partial charge in [0.1, 0.15) is 0 Å². The summed E-state index contributed by atoms with van der Waals surface area (Å²) in [5.74, 6) is -0.418. The highest BCUT2D eigenvalue weighted by Crippen LogP contribution is 2.26. The van der Waals surface area contributed by atoms with E-state index in [1.807, 2.05) is 30.3 Å². The third-order valence-electron chi connectivity index (χ3n) is 3.69. The van der Waals surface area contributed by atoms with Crippen LogP contribution in [0.2, 0.25) is 0 Å². The van der Waals surface area contributed by atoms with Crippen LogP contribution in [-0.4, -0.2) is 11.5 Å². The number of oxazole rings is 1. The summed E-state index contributed by atoms with van der Waals surface area (Å²) in [6.07, 6.45) is 0. The fourth-order valence-electron chi connectivity index (χ4n) is 2.66. The second-order valence-corrected chi connectivity index (χ2v) is 5.12. The van der Waals surface area contributed by atoms with E-state index in [9.17, 15) is 4.79 Å². The number of aryl methyl sites for hydroxylation is 1. The lowest BCUT2D eigenvalue weighted by molar-refractivity contribution is 0.553. The molecular formula is C17H18N2O2. The molecule has 0 aliphatic rings. The summed E-state index contributed by atoms with van der Waals surface area (Å²) >= 11 is 0. The maximum Gasteiger partial charge on any atom is 0.417 e. The molecule has 0 bridgehead atoms. The van der Waals surface area contributed by atoms with E-state index in [-0.39, 0.29) is 6.04 Å². The van der Waals surface area contributed by atoms with E-state index in [4.69, 9.17) is 4.42 Å². The zero-order chi connectivity index (χ0) is 14.8. The quantitative estimate of drug-likeness (QED) is 0.773. The van der Waals surface area contributed by atoms with E-state index in [1.165, 1.54) is 11.1 Å². The third-order valence-corrected chi connectivity index (χ3v) is 3.69. The molecule has 0 aliphatic heterocycles. The van der Waals surface area contributed by atoms with Crippen LogP contribution in [0.5, 0.6) is 0 Å². The lowest BCUT2D eigenvalue weighted by Crippen LogP contribution is -2.22. The highest BCUT2D eigenvalue weighted by Gasteiger charge is 2.16. The first-order valence-electron chi connectivity index (χ1n) is 7.10. The molecule has 3 rings (SSSR count). The second kappa shape index (κ2) is 5.58. The van der Waals surface area contributed by atoms with E-state index in [2.05, 4.69) is 36.3 Å². The van der Waals surface area contributed by atoms with Gasteiger partial charge in [-0.3, -0.25) is 4.98 Å². The Bertz CT molecular complexity index is 817. The van der Waals surface area contributed by atoms with Crippen LogP contribution in [0.25, 0.3) is 11.1 Å². The molecule has 1 heterocycles. The molecule has 1 atom stereocenters. The number of H-pyrrole nitrogens is 1. The summed E-state index contributed by atoms with van der Waals surface area (Å²) in [6, 6.07) is 14.2. The van der Waals surface area contributed by atoms with Gasteiger partial charge in [0.15, 0.2) is 5.58 Å². The van der Waals surface area contributed by atoms with Gasteiger partial charge in [-0.1, -0.05) is 37.3 Å². The van der Waals surface area contributed by atoms with Crippen molar-refractivity contribution < 1.29 is 4.42 Å². The van der Waals surface area contributed by atoms with Gasteiger partial charge in [0, 0.05) is 0 Å². The van der Waals surface area contributed by atoms with Crippen molar-refractivity contribution in [1.29, 1.82) is 0 Å². The predicted octanol–water partition coefficient (Wildman–Crippen LogP) is 3.13. The van der Waals surface area contributed by atoms with Crippen LogP contribution in [0.15, 0.2) is 51.7 Å². The highest BCUT2D eigenvalue weighted by molar-refractivity contribution is 5.73. The van der Waals surface area contributed by atoms with Crippen molar-refractivity contribution in [3.63, 3.8) is 0 Å². The number of benzene rings is 2. The van der Waals surface area contributed by atoms with Crippen LogP contribution in [0, 0.1) is 6.92 Å². The molecule has 0 radical (unpaired) electrons. The first-order valence-corrected chi connectivity index (χ1v) is 7.10. The van der Waals surface area contributed by atoms with Crippen LogP contribution in [0.4, 0.5) is 0 Å². The molecule has 2 N–H and O–H groups in total. The van der Waals surface area contributed by atoms with Crippen molar-refractivity contribution in [3.8, 4) is 0 Å².